The number of halogens is 2. The Labute approximate surface area is 163 Å². The summed E-state index contributed by atoms with van der Waals surface area (Å²) in [4.78, 5) is 27.7. The maximum Gasteiger partial charge on any atom is 0.326 e. The van der Waals surface area contributed by atoms with E-state index >= 15 is 0 Å². The molecule has 2 rings (SSSR count). The molecule has 0 spiro atoms. The third kappa shape index (κ3) is 5.60. The van der Waals surface area contributed by atoms with Crippen molar-refractivity contribution in [2.45, 2.75) is 18.9 Å². The second kappa shape index (κ2) is 9.43. The molecule has 1 aromatic heterocycles. The number of aromatic nitrogens is 1. The van der Waals surface area contributed by atoms with Crippen LogP contribution in [0.1, 0.15) is 12.1 Å². The maximum atomic E-state index is 12.1. The van der Waals surface area contributed by atoms with E-state index in [2.05, 4.69) is 10.3 Å². The fourth-order valence-electron chi connectivity index (χ4n) is 2.11. The standard InChI is InChI=1S/C16H16Cl2N2O3S2/c1-24-6-5-12(16(22)23)20-13(21)7-9-8-25-15(19-9)14-10(17)3-2-4-11(14)18/h2-4,8,12H,5-7H2,1H3,(H,20,21)(H,22,23)/t12-/m0/s1. The number of carbonyl (C=O) groups is 2. The minimum absolute atomic E-state index is 0.00161. The third-order valence-electron chi connectivity index (χ3n) is 3.31. The second-order valence-corrected chi connectivity index (χ2v) is 7.82. The van der Waals surface area contributed by atoms with E-state index in [0.29, 0.717) is 38.5 Å². The highest BCUT2D eigenvalue weighted by molar-refractivity contribution is 7.98. The zero-order valence-electron chi connectivity index (χ0n) is 13.3. The molecule has 0 aliphatic carbocycles. The number of nitrogens with one attached hydrogen (secondary N) is 1. The van der Waals surface area contributed by atoms with E-state index in [0.717, 1.165) is 0 Å². The smallest absolute Gasteiger partial charge is 0.326 e. The lowest BCUT2D eigenvalue weighted by molar-refractivity contribution is -0.141. The van der Waals surface area contributed by atoms with Crippen LogP contribution in [0.25, 0.3) is 10.6 Å². The van der Waals surface area contributed by atoms with E-state index in [4.69, 9.17) is 28.3 Å². The molecule has 0 radical (unpaired) electrons. The number of hydrogen-bond donors (Lipinski definition) is 2. The Morgan fingerprint density at radius 3 is 2.64 bits per heavy atom. The highest BCUT2D eigenvalue weighted by Crippen LogP contribution is 2.36. The van der Waals surface area contributed by atoms with E-state index in [1.165, 1.54) is 23.1 Å². The van der Waals surface area contributed by atoms with Crippen LogP contribution < -0.4 is 5.32 Å². The summed E-state index contributed by atoms with van der Waals surface area (Å²) in [5.41, 5.74) is 1.17. The molecule has 1 heterocycles. The zero-order chi connectivity index (χ0) is 18.4. The lowest BCUT2D eigenvalue weighted by Crippen LogP contribution is -2.41. The van der Waals surface area contributed by atoms with Crippen molar-refractivity contribution in [1.82, 2.24) is 10.3 Å². The third-order valence-corrected chi connectivity index (χ3v) is 5.50. The van der Waals surface area contributed by atoms with Crippen molar-refractivity contribution in [3.05, 3.63) is 39.3 Å². The highest BCUT2D eigenvalue weighted by Gasteiger charge is 2.20. The largest absolute Gasteiger partial charge is 0.480 e. The van der Waals surface area contributed by atoms with Crippen LogP contribution in [0.5, 0.6) is 0 Å². The Bertz CT molecular complexity index is 747. The first-order valence-corrected chi connectivity index (χ1v) is 10.3. The SMILES string of the molecule is CSCC[C@H](NC(=O)Cc1csc(-c2c(Cl)cccc2Cl)n1)C(=O)O. The molecule has 0 fully saturated rings. The molecule has 1 amide bonds. The molecule has 9 heteroatoms. The Kier molecular flexibility index (Phi) is 7.56. The zero-order valence-corrected chi connectivity index (χ0v) is 16.4. The first-order valence-electron chi connectivity index (χ1n) is 7.32. The van der Waals surface area contributed by atoms with Crippen molar-refractivity contribution in [3.63, 3.8) is 0 Å². The summed E-state index contributed by atoms with van der Waals surface area (Å²) in [5, 5.41) is 15.0. The Hall–Kier alpha value is -1.28. The maximum absolute atomic E-state index is 12.1. The average molecular weight is 419 g/mol. The first-order chi connectivity index (χ1) is 11.9. The lowest BCUT2D eigenvalue weighted by Gasteiger charge is -2.13. The van der Waals surface area contributed by atoms with Gasteiger partial charge in [0.2, 0.25) is 5.91 Å². The van der Waals surface area contributed by atoms with Crippen LogP contribution in [-0.4, -0.2) is 40.0 Å². The van der Waals surface area contributed by atoms with Gasteiger partial charge in [-0.1, -0.05) is 29.3 Å². The van der Waals surface area contributed by atoms with Gasteiger partial charge in [0.25, 0.3) is 0 Å². The van der Waals surface area contributed by atoms with Crippen molar-refractivity contribution in [3.8, 4) is 10.6 Å². The molecular formula is C16H16Cl2N2O3S2. The number of aliphatic carboxylic acids is 1. The quantitative estimate of drug-likeness (QED) is 0.677. The summed E-state index contributed by atoms with van der Waals surface area (Å²) in [5.74, 6) is -0.761. The number of benzene rings is 1. The van der Waals surface area contributed by atoms with Gasteiger partial charge >= 0.3 is 5.97 Å². The molecule has 0 aliphatic rings. The van der Waals surface area contributed by atoms with Crippen LogP contribution in [0.2, 0.25) is 10.0 Å². The average Bonchev–Trinajstić information content (AvgIpc) is 2.99. The van der Waals surface area contributed by atoms with Crippen LogP contribution in [0.3, 0.4) is 0 Å². The Morgan fingerprint density at radius 2 is 2.04 bits per heavy atom. The summed E-state index contributed by atoms with van der Waals surface area (Å²) in [7, 11) is 0. The van der Waals surface area contributed by atoms with Gasteiger partial charge in [-0.25, -0.2) is 9.78 Å². The Morgan fingerprint density at radius 1 is 1.36 bits per heavy atom. The van der Waals surface area contributed by atoms with Gasteiger partial charge in [0.05, 0.1) is 22.2 Å². The van der Waals surface area contributed by atoms with Gasteiger partial charge in [0.15, 0.2) is 0 Å². The fourth-order valence-corrected chi connectivity index (χ4v) is 4.16. The van der Waals surface area contributed by atoms with Crippen molar-refractivity contribution in [1.29, 1.82) is 0 Å². The van der Waals surface area contributed by atoms with Gasteiger partial charge in [0, 0.05) is 10.9 Å². The number of rotatable bonds is 8. The molecular weight excluding hydrogens is 403 g/mol. The van der Waals surface area contributed by atoms with Crippen LogP contribution >= 0.6 is 46.3 Å². The number of carboxylic acids is 1. The molecule has 1 atom stereocenters. The topological polar surface area (TPSA) is 79.3 Å². The second-order valence-electron chi connectivity index (χ2n) is 5.16. The van der Waals surface area contributed by atoms with Gasteiger partial charge in [-0.3, -0.25) is 4.79 Å². The highest BCUT2D eigenvalue weighted by atomic mass is 35.5. The van der Waals surface area contributed by atoms with Crippen LogP contribution in [0.15, 0.2) is 23.6 Å². The van der Waals surface area contributed by atoms with E-state index in [9.17, 15) is 9.59 Å². The lowest BCUT2D eigenvalue weighted by atomic mass is 10.2. The summed E-state index contributed by atoms with van der Waals surface area (Å²) < 4.78 is 0. The van der Waals surface area contributed by atoms with Crippen molar-refractivity contribution in [2.75, 3.05) is 12.0 Å². The molecule has 1 aromatic carbocycles. The molecule has 0 unspecified atom stereocenters. The first kappa shape index (κ1) is 20.0. The number of amides is 1. The number of thioether (sulfide) groups is 1. The number of carboxylic acid groups (broad SMARTS) is 1. The Balaban J connectivity index is 2.05. The number of hydrogen-bond acceptors (Lipinski definition) is 5. The van der Waals surface area contributed by atoms with Gasteiger partial charge in [0.1, 0.15) is 11.0 Å². The molecule has 0 aliphatic heterocycles. The summed E-state index contributed by atoms with van der Waals surface area (Å²) in [6, 6.07) is 4.30. The van der Waals surface area contributed by atoms with Crippen molar-refractivity contribution < 1.29 is 14.7 Å². The summed E-state index contributed by atoms with van der Waals surface area (Å²) in [6.07, 6.45) is 2.26. The van der Waals surface area contributed by atoms with Crippen LogP contribution in [0.4, 0.5) is 0 Å². The predicted octanol–water partition coefficient (Wildman–Crippen LogP) is 3.98. The molecule has 5 nitrogen and oxygen atoms in total. The summed E-state index contributed by atoms with van der Waals surface area (Å²) in [6.45, 7) is 0. The van der Waals surface area contributed by atoms with E-state index < -0.39 is 12.0 Å². The molecule has 2 N–H and O–H groups in total. The molecule has 0 saturated heterocycles. The molecule has 25 heavy (non-hydrogen) atoms. The predicted molar refractivity (Wildman–Crippen MR) is 104 cm³/mol. The van der Waals surface area contributed by atoms with Crippen LogP contribution in [-0.2, 0) is 16.0 Å². The minimum Gasteiger partial charge on any atom is -0.480 e. The molecule has 0 bridgehead atoms. The van der Waals surface area contributed by atoms with E-state index in [-0.39, 0.29) is 12.3 Å². The van der Waals surface area contributed by atoms with Gasteiger partial charge in [-0.05, 0) is 30.6 Å². The minimum atomic E-state index is -1.04. The normalized spacial score (nSPS) is 12.0. The summed E-state index contributed by atoms with van der Waals surface area (Å²) >= 11 is 15.2. The number of thiazole rings is 1. The van der Waals surface area contributed by atoms with Crippen molar-refractivity contribution in [2.24, 2.45) is 0 Å². The fraction of sp³-hybridized carbons (Fsp3) is 0.312. The molecule has 134 valence electrons. The number of carbonyl (C=O) groups excluding carboxylic acids is 1. The van der Waals surface area contributed by atoms with Gasteiger partial charge in [-0.2, -0.15) is 11.8 Å². The van der Waals surface area contributed by atoms with E-state index in [1.54, 1.807) is 23.6 Å². The van der Waals surface area contributed by atoms with Crippen molar-refractivity contribution >= 4 is 58.2 Å². The molecule has 0 saturated carbocycles. The molecule has 2 aromatic rings. The van der Waals surface area contributed by atoms with E-state index in [1.807, 2.05) is 6.26 Å². The monoisotopic (exact) mass is 418 g/mol. The van der Waals surface area contributed by atoms with Gasteiger partial charge in [-0.15, -0.1) is 11.3 Å². The number of nitrogens with zero attached hydrogens (tertiary/aromatic N) is 1. The van der Waals surface area contributed by atoms with Gasteiger partial charge < -0.3 is 10.4 Å². The van der Waals surface area contributed by atoms with Crippen LogP contribution in [0, 0.1) is 0 Å².